The maximum absolute atomic E-state index is 10.4. The van der Waals surface area contributed by atoms with Gasteiger partial charge in [-0.05, 0) is 49.3 Å². The molecule has 1 heterocycles. The second-order valence-electron chi connectivity index (χ2n) is 5.60. The van der Waals surface area contributed by atoms with Gasteiger partial charge in [-0.2, -0.15) is 0 Å². The first-order chi connectivity index (χ1) is 9.54. The summed E-state index contributed by atoms with van der Waals surface area (Å²) >= 11 is 0. The summed E-state index contributed by atoms with van der Waals surface area (Å²) in [5, 5.41) is 8.55. The molecule has 4 heteroatoms. The largest absolute Gasteiger partial charge is 0.489 e. The predicted molar refractivity (Wildman–Crippen MR) is 77.5 cm³/mol. The van der Waals surface area contributed by atoms with Crippen molar-refractivity contribution in [3.05, 3.63) is 30.1 Å². The van der Waals surface area contributed by atoms with Crippen LogP contribution in [0.15, 0.2) is 24.4 Å². The van der Waals surface area contributed by atoms with Gasteiger partial charge in [-0.1, -0.05) is 13.8 Å². The minimum absolute atomic E-state index is 0.267. The number of carboxylic acid groups (broad SMARTS) is 1. The van der Waals surface area contributed by atoms with Crippen molar-refractivity contribution >= 4 is 12.0 Å². The van der Waals surface area contributed by atoms with E-state index in [1.807, 2.05) is 6.07 Å². The van der Waals surface area contributed by atoms with Crippen molar-refractivity contribution in [2.24, 2.45) is 11.8 Å². The SMILES string of the molecule is CC1CCC(Oc2ccc(C=CC(=O)O)nc2)CC1C. The van der Waals surface area contributed by atoms with Crippen LogP contribution in [0.2, 0.25) is 0 Å². The third kappa shape index (κ3) is 4.08. The van der Waals surface area contributed by atoms with Crippen LogP contribution in [-0.2, 0) is 4.79 Å². The molecule has 1 aliphatic rings. The van der Waals surface area contributed by atoms with Crippen LogP contribution < -0.4 is 4.74 Å². The Balaban J connectivity index is 1.92. The van der Waals surface area contributed by atoms with Crippen molar-refractivity contribution in [2.45, 2.75) is 39.2 Å². The Morgan fingerprint density at radius 3 is 2.75 bits per heavy atom. The Morgan fingerprint density at radius 2 is 2.15 bits per heavy atom. The lowest BCUT2D eigenvalue weighted by molar-refractivity contribution is -0.131. The van der Waals surface area contributed by atoms with Crippen molar-refractivity contribution in [3.63, 3.8) is 0 Å². The Kier molecular flexibility index (Phi) is 4.77. The van der Waals surface area contributed by atoms with E-state index in [9.17, 15) is 4.79 Å². The number of carboxylic acids is 1. The molecule has 1 aromatic rings. The molecule has 108 valence electrons. The minimum Gasteiger partial charge on any atom is -0.489 e. The number of rotatable bonds is 4. The summed E-state index contributed by atoms with van der Waals surface area (Å²) in [7, 11) is 0. The third-order valence-electron chi connectivity index (χ3n) is 4.01. The number of aliphatic carboxylic acids is 1. The molecule has 1 fully saturated rings. The van der Waals surface area contributed by atoms with E-state index in [4.69, 9.17) is 9.84 Å². The smallest absolute Gasteiger partial charge is 0.328 e. The Morgan fingerprint density at radius 1 is 1.35 bits per heavy atom. The molecule has 0 bridgehead atoms. The normalized spacial score (nSPS) is 26.6. The quantitative estimate of drug-likeness (QED) is 0.856. The van der Waals surface area contributed by atoms with Gasteiger partial charge in [-0.3, -0.25) is 4.98 Å². The molecule has 0 saturated heterocycles. The topological polar surface area (TPSA) is 59.4 Å². The molecule has 1 N–H and O–H groups in total. The van der Waals surface area contributed by atoms with Gasteiger partial charge in [0.2, 0.25) is 0 Å². The summed E-state index contributed by atoms with van der Waals surface area (Å²) in [6.45, 7) is 4.57. The highest BCUT2D eigenvalue weighted by molar-refractivity contribution is 5.84. The fraction of sp³-hybridized carbons (Fsp3) is 0.500. The molecule has 1 saturated carbocycles. The van der Waals surface area contributed by atoms with Gasteiger partial charge in [0, 0.05) is 6.08 Å². The number of hydrogen-bond donors (Lipinski definition) is 1. The number of ether oxygens (including phenoxy) is 1. The van der Waals surface area contributed by atoms with Crippen molar-refractivity contribution < 1.29 is 14.6 Å². The van der Waals surface area contributed by atoms with E-state index in [0.717, 1.165) is 30.6 Å². The number of pyridine rings is 1. The Hall–Kier alpha value is -1.84. The Labute approximate surface area is 119 Å². The van der Waals surface area contributed by atoms with E-state index in [1.165, 1.54) is 12.5 Å². The monoisotopic (exact) mass is 275 g/mol. The third-order valence-corrected chi connectivity index (χ3v) is 4.01. The van der Waals surface area contributed by atoms with Crippen LogP contribution in [0.1, 0.15) is 38.8 Å². The van der Waals surface area contributed by atoms with Crippen LogP contribution in [0.4, 0.5) is 0 Å². The first-order valence-electron chi connectivity index (χ1n) is 7.08. The lowest BCUT2D eigenvalue weighted by atomic mass is 9.80. The first kappa shape index (κ1) is 14.6. The summed E-state index contributed by atoms with van der Waals surface area (Å²) in [6, 6.07) is 3.61. The van der Waals surface area contributed by atoms with Gasteiger partial charge in [0.05, 0.1) is 18.0 Å². The molecular weight excluding hydrogens is 254 g/mol. The zero-order valence-corrected chi connectivity index (χ0v) is 12.0. The van der Waals surface area contributed by atoms with Gasteiger partial charge in [-0.25, -0.2) is 4.79 Å². The van der Waals surface area contributed by atoms with Gasteiger partial charge in [0.15, 0.2) is 0 Å². The van der Waals surface area contributed by atoms with Crippen LogP contribution in [0, 0.1) is 11.8 Å². The van der Waals surface area contributed by atoms with Crippen LogP contribution >= 0.6 is 0 Å². The zero-order chi connectivity index (χ0) is 14.5. The second kappa shape index (κ2) is 6.55. The molecule has 3 unspecified atom stereocenters. The lowest BCUT2D eigenvalue weighted by Crippen LogP contribution is -2.28. The van der Waals surface area contributed by atoms with E-state index < -0.39 is 5.97 Å². The highest BCUT2D eigenvalue weighted by Crippen LogP contribution is 2.31. The maximum Gasteiger partial charge on any atom is 0.328 e. The molecule has 1 aliphatic carbocycles. The van der Waals surface area contributed by atoms with E-state index in [2.05, 4.69) is 18.8 Å². The fourth-order valence-electron chi connectivity index (χ4n) is 2.51. The van der Waals surface area contributed by atoms with Gasteiger partial charge < -0.3 is 9.84 Å². The van der Waals surface area contributed by atoms with E-state index in [0.29, 0.717) is 11.6 Å². The van der Waals surface area contributed by atoms with Crippen molar-refractivity contribution in [1.82, 2.24) is 4.98 Å². The molecule has 0 aromatic carbocycles. The summed E-state index contributed by atoms with van der Waals surface area (Å²) in [5.41, 5.74) is 0.616. The van der Waals surface area contributed by atoms with Crippen LogP contribution in [0.3, 0.4) is 0 Å². The maximum atomic E-state index is 10.4. The van der Waals surface area contributed by atoms with Gasteiger partial charge in [-0.15, -0.1) is 0 Å². The van der Waals surface area contributed by atoms with Gasteiger partial charge in [0.1, 0.15) is 5.75 Å². The van der Waals surface area contributed by atoms with Crippen molar-refractivity contribution in [1.29, 1.82) is 0 Å². The first-order valence-corrected chi connectivity index (χ1v) is 7.08. The van der Waals surface area contributed by atoms with E-state index in [1.54, 1.807) is 12.3 Å². The predicted octanol–water partition coefficient (Wildman–Crippen LogP) is 3.38. The average molecular weight is 275 g/mol. The molecule has 3 atom stereocenters. The number of carbonyl (C=O) groups is 1. The molecule has 0 radical (unpaired) electrons. The average Bonchev–Trinajstić information content (AvgIpc) is 2.42. The highest BCUT2D eigenvalue weighted by atomic mass is 16.5. The lowest BCUT2D eigenvalue weighted by Gasteiger charge is -2.32. The molecule has 0 amide bonds. The Bertz CT molecular complexity index is 481. The molecule has 2 rings (SSSR count). The highest BCUT2D eigenvalue weighted by Gasteiger charge is 2.25. The minimum atomic E-state index is -0.975. The molecule has 1 aromatic heterocycles. The van der Waals surface area contributed by atoms with Crippen molar-refractivity contribution in [3.8, 4) is 5.75 Å². The summed E-state index contributed by atoms with van der Waals surface area (Å²) in [4.78, 5) is 14.6. The van der Waals surface area contributed by atoms with Gasteiger partial charge in [0.25, 0.3) is 0 Å². The van der Waals surface area contributed by atoms with Crippen LogP contribution in [-0.4, -0.2) is 22.2 Å². The second-order valence-corrected chi connectivity index (χ2v) is 5.60. The fourth-order valence-corrected chi connectivity index (χ4v) is 2.51. The zero-order valence-electron chi connectivity index (χ0n) is 12.0. The molecule has 0 aliphatic heterocycles. The summed E-state index contributed by atoms with van der Waals surface area (Å²) in [6.07, 6.45) is 7.85. The van der Waals surface area contributed by atoms with Gasteiger partial charge >= 0.3 is 5.97 Å². The summed E-state index contributed by atoms with van der Waals surface area (Å²) in [5.74, 6) is 1.25. The standard InChI is InChI=1S/C16H21NO3/c1-11-3-6-14(9-12(11)2)20-15-7-4-13(17-10-15)5-8-16(18)19/h4-5,7-8,10-12,14H,3,6,9H2,1-2H3,(H,18,19). The van der Waals surface area contributed by atoms with E-state index >= 15 is 0 Å². The number of nitrogens with zero attached hydrogens (tertiary/aromatic N) is 1. The molecule has 4 nitrogen and oxygen atoms in total. The molecule has 0 spiro atoms. The van der Waals surface area contributed by atoms with Crippen LogP contribution in [0.5, 0.6) is 5.75 Å². The molecule has 20 heavy (non-hydrogen) atoms. The molecular formula is C16H21NO3. The number of hydrogen-bond acceptors (Lipinski definition) is 3. The number of aromatic nitrogens is 1. The van der Waals surface area contributed by atoms with Crippen molar-refractivity contribution in [2.75, 3.05) is 0 Å². The summed E-state index contributed by atoms with van der Waals surface area (Å²) < 4.78 is 5.95. The van der Waals surface area contributed by atoms with Crippen LogP contribution in [0.25, 0.3) is 6.08 Å². The van der Waals surface area contributed by atoms with E-state index in [-0.39, 0.29) is 6.10 Å².